The predicted molar refractivity (Wildman–Crippen MR) is 79.0 cm³/mol. The van der Waals surface area contributed by atoms with Crippen molar-refractivity contribution in [2.75, 3.05) is 5.32 Å². The fourth-order valence-corrected chi connectivity index (χ4v) is 3.14. The number of benzene rings is 1. The van der Waals surface area contributed by atoms with Gasteiger partial charge in [0.1, 0.15) is 0 Å². The molecular formula is C15H17BrF3NO. The van der Waals surface area contributed by atoms with Gasteiger partial charge in [0.05, 0.1) is 11.6 Å². The molecule has 0 aliphatic heterocycles. The number of halogens is 4. The largest absolute Gasteiger partial charge is 0.392 e. The zero-order valence-corrected chi connectivity index (χ0v) is 13.2. The molecule has 0 spiro atoms. The molecule has 0 radical (unpaired) electrons. The molecule has 1 saturated carbocycles. The summed E-state index contributed by atoms with van der Waals surface area (Å²) in [5.41, 5.74) is 1.45. The molecule has 1 aromatic carbocycles. The summed E-state index contributed by atoms with van der Waals surface area (Å²) in [7, 11) is 0. The molecule has 21 heavy (non-hydrogen) atoms. The first-order chi connectivity index (χ1) is 9.79. The van der Waals surface area contributed by atoms with Crippen molar-refractivity contribution in [3.63, 3.8) is 0 Å². The summed E-state index contributed by atoms with van der Waals surface area (Å²) in [6, 6.07) is 5.37. The van der Waals surface area contributed by atoms with Gasteiger partial charge in [-0.25, -0.2) is 0 Å². The van der Waals surface area contributed by atoms with Crippen LogP contribution in [0.2, 0.25) is 0 Å². The van der Waals surface area contributed by atoms with Crippen molar-refractivity contribution in [2.45, 2.75) is 38.8 Å². The van der Waals surface area contributed by atoms with E-state index < -0.39 is 23.9 Å². The van der Waals surface area contributed by atoms with E-state index in [0.29, 0.717) is 29.4 Å². The van der Waals surface area contributed by atoms with E-state index in [0.717, 1.165) is 5.56 Å². The van der Waals surface area contributed by atoms with Gasteiger partial charge in [-0.2, -0.15) is 13.2 Å². The summed E-state index contributed by atoms with van der Waals surface area (Å²) in [6.07, 6.45) is -2.79. The van der Waals surface area contributed by atoms with Crippen LogP contribution in [0.3, 0.4) is 0 Å². The van der Waals surface area contributed by atoms with Crippen molar-refractivity contribution in [1.82, 2.24) is 0 Å². The van der Waals surface area contributed by atoms with Crippen LogP contribution < -0.4 is 5.32 Å². The lowest BCUT2D eigenvalue weighted by molar-refractivity contribution is -0.197. The first-order valence-corrected chi connectivity index (χ1v) is 7.72. The van der Waals surface area contributed by atoms with E-state index in [2.05, 4.69) is 21.2 Å². The first-order valence-electron chi connectivity index (χ1n) is 6.93. The van der Waals surface area contributed by atoms with E-state index >= 15 is 0 Å². The highest BCUT2D eigenvalue weighted by Gasteiger charge is 2.48. The number of aryl methyl sites for hydroxylation is 1. The van der Waals surface area contributed by atoms with E-state index in [-0.39, 0.29) is 6.42 Å². The van der Waals surface area contributed by atoms with Crippen LogP contribution in [0.15, 0.2) is 22.7 Å². The molecule has 0 heterocycles. The number of carbonyl (C=O) groups excluding carboxylic acids is 1. The highest BCUT2D eigenvalue weighted by molar-refractivity contribution is 9.10. The van der Waals surface area contributed by atoms with Crippen LogP contribution in [-0.2, 0) is 4.79 Å². The van der Waals surface area contributed by atoms with Crippen LogP contribution in [0.5, 0.6) is 0 Å². The zero-order valence-electron chi connectivity index (χ0n) is 11.6. The van der Waals surface area contributed by atoms with Crippen LogP contribution in [0, 0.1) is 18.8 Å². The minimum absolute atomic E-state index is 0.0383. The number of anilines is 1. The van der Waals surface area contributed by atoms with Gasteiger partial charge >= 0.3 is 6.18 Å². The maximum atomic E-state index is 13.0. The van der Waals surface area contributed by atoms with Crippen molar-refractivity contribution >= 4 is 27.5 Å². The molecule has 1 N–H and O–H groups in total. The Bertz CT molecular complexity index is 530. The molecule has 1 aliphatic carbocycles. The molecule has 2 atom stereocenters. The molecule has 0 aromatic heterocycles. The second kappa shape index (κ2) is 6.38. The van der Waals surface area contributed by atoms with Crippen molar-refractivity contribution in [1.29, 1.82) is 0 Å². The molecule has 2 unspecified atom stereocenters. The molecule has 6 heteroatoms. The van der Waals surface area contributed by atoms with Crippen LogP contribution in [0.25, 0.3) is 0 Å². The zero-order chi connectivity index (χ0) is 15.6. The van der Waals surface area contributed by atoms with E-state index in [4.69, 9.17) is 0 Å². The topological polar surface area (TPSA) is 29.1 Å². The van der Waals surface area contributed by atoms with Crippen LogP contribution in [-0.4, -0.2) is 12.1 Å². The maximum Gasteiger partial charge on any atom is 0.392 e. The Labute approximate surface area is 130 Å². The monoisotopic (exact) mass is 363 g/mol. The standard InChI is InChI=1S/C15H17BrF3NO/c1-9-6-7-12(16)13(8-9)20-14(21)10-4-2-3-5-11(10)15(17,18)19/h6-8,10-11H,2-5H2,1H3,(H,20,21). The normalized spacial score (nSPS) is 22.9. The molecule has 2 rings (SSSR count). The van der Waals surface area contributed by atoms with Crippen LogP contribution >= 0.6 is 15.9 Å². The average molecular weight is 364 g/mol. The Hall–Kier alpha value is -1.04. The lowest BCUT2D eigenvalue weighted by Crippen LogP contribution is -2.39. The number of amides is 1. The smallest absolute Gasteiger partial charge is 0.325 e. The number of rotatable bonds is 2. The van der Waals surface area contributed by atoms with Crippen molar-refractivity contribution in [2.24, 2.45) is 11.8 Å². The molecule has 116 valence electrons. The fraction of sp³-hybridized carbons (Fsp3) is 0.533. The van der Waals surface area contributed by atoms with Crippen LogP contribution in [0.4, 0.5) is 18.9 Å². The third-order valence-corrected chi connectivity index (χ3v) is 4.59. The summed E-state index contributed by atoms with van der Waals surface area (Å²) >= 11 is 3.30. The van der Waals surface area contributed by atoms with Gasteiger partial charge in [0.25, 0.3) is 0 Å². The molecule has 1 fully saturated rings. The summed E-state index contributed by atoms with van der Waals surface area (Å²) in [6.45, 7) is 1.86. The van der Waals surface area contributed by atoms with Gasteiger partial charge in [0, 0.05) is 10.4 Å². The lowest BCUT2D eigenvalue weighted by atomic mass is 9.78. The number of hydrogen-bond acceptors (Lipinski definition) is 1. The van der Waals surface area contributed by atoms with Crippen molar-refractivity contribution in [3.8, 4) is 0 Å². The van der Waals surface area contributed by atoms with Gasteiger partial charge in [-0.05, 0) is 53.4 Å². The van der Waals surface area contributed by atoms with Gasteiger partial charge in [-0.1, -0.05) is 18.9 Å². The predicted octanol–water partition coefficient (Wildman–Crippen LogP) is 5.06. The van der Waals surface area contributed by atoms with Crippen LogP contribution in [0.1, 0.15) is 31.2 Å². The molecule has 1 aromatic rings. The minimum atomic E-state index is -4.31. The molecular weight excluding hydrogens is 347 g/mol. The number of nitrogens with one attached hydrogen (secondary N) is 1. The Morgan fingerprint density at radius 3 is 2.62 bits per heavy atom. The Balaban J connectivity index is 2.16. The second-order valence-corrected chi connectivity index (χ2v) is 6.37. The van der Waals surface area contributed by atoms with E-state index in [1.807, 2.05) is 13.0 Å². The Kier molecular flexibility index (Phi) is 4.96. The molecule has 1 amide bonds. The summed E-state index contributed by atoms with van der Waals surface area (Å²) in [5.74, 6) is -3.07. The average Bonchev–Trinajstić information content (AvgIpc) is 2.42. The number of alkyl halides is 3. The van der Waals surface area contributed by atoms with E-state index in [9.17, 15) is 18.0 Å². The minimum Gasteiger partial charge on any atom is -0.325 e. The highest BCUT2D eigenvalue weighted by Crippen LogP contribution is 2.42. The molecule has 1 aliphatic rings. The maximum absolute atomic E-state index is 13.0. The van der Waals surface area contributed by atoms with Gasteiger partial charge < -0.3 is 5.32 Å². The van der Waals surface area contributed by atoms with Gasteiger partial charge in [0.2, 0.25) is 5.91 Å². The quantitative estimate of drug-likeness (QED) is 0.781. The highest BCUT2D eigenvalue weighted by atomic mass is 79.9. The Morgan fingerprint density at radius 1 is 1.29 bits per heavy atom. The SMILES string of the molecule is Cc1ccc(Br)c(NC(=O)C2CCCCC2C(F)(F)F)c1. The third-order valence-electron chi connectivity index (χ3n) is 3.90. The molecule has 0 bridgehead atoms. The van der Waals surface area contributed by atoms with E-state index in [1.54, 1.807) is 12.1 Å². The van der Waals surface area contributed by atoms with E-state index in [1.165, 1.54) is 0 Å². The fourth-order valence-electron chi connectivity index (χ4n) is 2.80. The summed E-state index contributed by atoms with van der Waals surface area (Å²) < 4.78 is 39.8. The van der Waals surface area contributed by atoms with Gasteiger partial charge in [-0.15, -0.1) is 0 Å². The third kappa shape index (κ3) is 3.99. The van der Waals surface area contributed by atoms with Gasteiger partial charge in [0.15, 0.2) is 0 Å². The van der Waals surface area contributed by atoms with Crippen molar-refractivity contribution in [3.05, 3.63) is 28.2 Å². The first kappa shape index (κ1) is 16.3. The van der Waals surface area contributed by atoms with Crippen molar-refractivity contribution < 1.29 is 18.0 Å². The molecule has 2 nitrogen and oxygen atoms in total. The molecule has 0 saturated heterocycles. The summed E-state index contributed by atoms with van der Waals surface area (Å²) in [5, 5.41) is 2.64. The second-order valence-electron chi connectivity index (χ2n) is 5.51. The summed E-state index contributed by atoms with van der Waals surface area (Å²) in [4.78, 5) is 12.3. The Morgan fingerprint density at radius 2 is 1.95 bits per heavy atom. The lowest BCUT2D eigenvalue weighted by Gasteiger charge is -2.32. The number of carbonyl (C=O) groups is 1. The number of hydrogen-bond donors (Lipinski definition) is 1. The van der Waals surface area contributed by atoms with Gasteiger partial charge in [-0.3, -0.25) is 4.79 Å².